The Morgan fingerprint density at radius 2 is 2.24 bits per heavy atom. The standard InChI is InChI=1S/C10H18F3N3S/c1-2-7-5-16(3-4-17-7)6-8(9(14)15)10(11,12)13/h7-8H,2-6H2,1H3,(H3,14,15). The fourth-order valence-electron chi connectivity index (χ4n) is 1.83. The summed E-state index contributed by atoms with van der Waals surface area (Å²) in [5.74, 6) is -1.77. The number of thioether (sulfide) groups is 1. The molecule has 7 heteroatoms. The van der Waals surface area contributed by atoms with Crippen LogP contribution in [0.15, 0.2) is 0 Å². The summed E-state index contributed by atoms with van der Waals surface area (Å²) >= 11 is 1.80. The van der Waals surface area contributed by atoms with Crippen LogP contribution in [0, 0.1) is 11.3 Å². The number of nitrogens with one attached hydrogen (secondary N) is 1. The van der Waals surface area contributed by atoms with Crippen molar-refractivity contribution in [1.29, 1.82) is 5.41 Å². The van der Waals surface area contributed by atoms with Gasteiger partial charge in [-0.1, -0.05) is 6.92 Å². The van der Waals surface area contributed by atoms with Crippen molar-refractivity contribution >= 4 is 17.6 Å². The summed E-state index contributed by atoms with van der Waals surface area (Å²) in [4.78, 5) is 1.77. The van der Waals surface area contributed by atoms with Crippen molar-refractivity contribution in [2.75, 3.05) is 25.4 Å². The number of nitrogens with two attached hydrogens (primary N) is 1. The van der Waals surface area contributed by atoms with Gasteiger partial charge in [0.1, 0.15) is 11.8 Å². The van der Waals surface area contributed by atoms with Gasteiger partial charge in [0.2, 0.25) is 0 Å². The van der Waals surface area contributed by atoms with Crippen LogP contribution in [0.2, 0.25) is 0 Å². The van der Waals surface area contributed by atoms with Crippen molar-refractivity contribution < 1.29 is 13.2 Å². The third-order valence-corrected chi connectivity index (χ3v) is 4.26. The normalized spacial score (nSPS) is 24.6. The monoisotopic (exact) mass is 269 g/mol. The highest BCUT2D eigenvalue weighted by Crippen LogP contribution is 2.29. The molecule has 1 aliphatic rings. The smallest absolute Gasteiger partial charge is 0.387 e. The average molecular weight is 269 g/mol. The molecule has 0 aromatic rings. The molecule has 1 heterocycles. The van der Waals surface area contributed by atoms with Crippen LogP contribution in [0.1, 0.15) is 13.3 Å². The van der Waals surface area contributed by atoms with Gasteiger partial charge in [-0.05, 0) is 6.42 Å². The summed E-state index contributed by atoms with van der Waals surface area (Å²) < 4.78 is 38.0. The van der Waals surface area contributed by atoms with Gasteiger partial charge >= 0.3 is 6.18 Å². The topological polar surface area (TPSA) is 53.1 Å². The minimum Gasteiger partial charge on any atom is -0.387 e. The van der Waals surface area contributed by atoms with E-state index >= 15 is 0 Å². The van der Waals surface area contributed by atoms with E-state index in [2.05, 4.69) is 0 Å². The van der Waals surface area contributed by atoms with E-state index in [9.17, 15) is 13.2 Å². The maximum Gasteiger partial charge on any atom is 0.399 e. The third-order valence-electron chi connectivity index (χ3n) is 2.89. The Kier molecular flexibility index (Phi) is 5.12. The Balaban J connectivity index is 2.58. The van der Waals surface area contributed by atoms with Crippen molar-refractivity contribution in [3.8, 4) is 0 Å². The molecule has 0 bridgehead atoms. The quantitative estimate of drug-likeness (QED) is 0.605. The summed E-state index contributed by atoms with van der Waals surface area (Å²) in [6.07, 6.45) is -3.46. The van der Waals surface area contributed by atoms with Gasteiger partial charge in [-0.2, -0.15) is 24.9 Å². The van der Waals surface area contributed by atoms with E-state index in [1.54, 1.807) is 16.7 Å². The van der Waals surface area contributed by atoms with Gasteiger partial charge in [0.25, 0.3) is 0 Å². The van der Waals surface area contributed by atoms with Crippen LogP contribution in [-0.4, -0.2) is 47.5 Å². The van der Waals surface area contributed by atoms with Gasteiger partial charge < -0.3 is 10.6 Å². The van der Waals surface area contributed by atoms with E-state index in [0.29, 0.717) is 18.3 Å². The maximum atomic E-state index is 12.7. The molecule has 2 unspecified atom stereocenters. The van der Waals surface area contributed by atoms with E-state index in [-0.39, 0.29) is 6.54 Å². The molecule has 0 saturated carbocycles. The van der Waals surface area contributed by atoms with E-state index < -0.39 is 17.9 Å². The molecule has 0 aromatic heterocycles. The largest absolute Gasteiger partial charge is 0.399 e. The molecule has 0 radical (unpaired) electrons. The van der Waals surface area contributed by atoms with Gasteiger partial charge in [-0.25, -0.2) is 0 Å². The first-order valence-electron chi connectivity index (χ1n) is 5.59. The third kappa shape index (κ3) is 4.39. The van der Waals surface area contributed by atoms with Crippen LogP contribution in [0.3, 0.4) is 0 Å². The number of hydrogen-bond donors (Lipinski definition) is 2. The fourth-order valence-corrected chi connectivity index (χ4v) is 3.08. The highest BCUT2D eigenvalue weighted by Gasteiger charge is 2.43. The molecule has 0 aliphatic carbocycles. The van der Waals surface area contributed by atoms with Crippen LogP contribution in [0.25, 0.3) is 0 Å². The lowest BCUT2D eigenvalue weighted by molar-refractivity contribution is -0.159. The molecule has 0 amide bonds. The van der Waals surface area contributed by atoms with E-state index in [0.717, 1.165) is 12.2 Å². The van der Waals surface area contributed by atoms with Gasteiger partial charge in [-0.15, -0.1) is 0 Å². The van der Waals surface area contributed by atoms with E-state index in [1.165, 1.54) is 0 Å². The molecule has 1 rings (SSSR count). The molecule has 3 nitrogen and oxygen atoms in total. The van der Waals surface area contributed by atoms with Crippen molar-refractivity contribution in [1.82, 2.24) is 4.90 Å². The van der Waals surface area contributed by atoms with E-state index in [4.69, 9.17) is 11.1 Å². The van der Waals surface area contributed by atoms with Crippen LogP contribution < -0.4 is 5.73 Å². The maximum absolute atomic E-state index is 12.7. The number of hydrogen-bond acceptors (Lipinski definition) is 3. The van der Waals surface area contributed by atoms with Crippen molar-refractivity contribution in [3.63, 3.8) is 0 Å². The minimum absolute atomic E-state index is 0.185. The Morgan fingerprint density at radius 3 is 2.71 bits per heavy atom. The zero-order valence-electron chi connectivity index (χ0n) is 9.76. The minimum atomic E-state index is -4.42. The average Bonchev–Trinajstić information content (AvgIpc) is 2.24. The lowest BCUT2D eigenvalue weighted by Gasteiger charge is -2.34. The zero-order chi connectivity index (χ0) is 13.1. The molecule has 1 fully saturated rings. The fraction of sp³-hybridized carbons (Fsp3) is 0.900. The highest BCUT2D eigenvalue weighted by atomic mass is 32.2. The molecule has 0 spiro atoms. The molecular formula is C10H18F3N3S. The summed E-state index contributed by atoms with van der Waals surface area (Å²) in [5.41, 5.74) is 5.04. The van der Waals surface area contributed by atoms with Crippen molar-refractivity contribution in [2.24, 2.45) is 11.7 Å². The van der Waals surface area contributed by atoms with Gasteiger partial charge in [0.15, 0.2) is 0 Å². The molecule has 3 N–H and O–H groups in total. The van der Waals surface area contributed by atoms with Gasteiger partial charge in [0, 0.05) is 30.6 Å². The molecular weight excluding hydrogens is 251 g/mol. The lowest BCUT2D eigenvalue weighted by Crippen LogP contribution is -2.47. The first-order chi connectivity index (χ1) is 7.84. The first-order valence-corrected chi connectivity index (χ1v) is 6.64. The highest BCUT2D eigenvalue weighted by molar-refractivity contribution is 8.00. The summed E-state index contributed by atoms with van der Waals surface area (Å²) in [7, 11) is 0. The number of alkyl halides is 3. The summed E-state index contributed by atoms with van der Waals surface area (Å²) in [5, 5.41) is 7.44. The van der Waals surface area contributed by atoms with Gasteiger partial charge in [0.05, 0.1) is 0 Å². The second-order valence-electron chi connectivity index (χ2n) is 4.21. The van der Waals surface area contributed by atoms with Crippen molar-refractivity contribution in [2.45, 2.75) is 24.8 Å². The molecule has 1 aliphatic heterocycles. The first kappa shape index (κ1) is 14.6. The van der Waals surface area contributed by atoms with Gasteiger partial charge in [-0.3, -0.25) is 5.41 Å². The Morgan fingerprint density at radius 1 is 1.59 bits per heavy atom. The predicted octanol–water partition coefficient (Wildman–Crippen LogP) is 1.93. The number of amidine groups is 1. The summed E-state index contributed by atoms with van der Waals surface area (Å²) in [6, 6.07) is 0. The molecule has 0 aromatic carbocycles. The van der Waals surface area contributed by atoms with Crippen LogP contribution >= 0.6 is 11.8 Å². The Bertz CT molecular complexity index is 270. The molecule has 1 saturated heterocycles. The number of rotatable bonds is 4. The second kappa shape index (κ2) is 5.95. The zero-order valence-corrected chi connectivity index (χ0v) is 10.6. The lowest BCUT2D eigenvalue weighted by atomic mass is 10.1. The van der Waals surface area contributed by atoms with Crippen molar-refractivity contribution in [3.05, 3.63) is 0 Å². The Hall–Kier alpha value is -0.430. The molecule has 2 atom stereocenters. The van der Waals surface area contributed by atoms with E-state index in [1.807, 2.05) is 6.92 Å². The summed E-state index contributed by atoms with van der Waals surface area (Å²) in [6.45, 7) is 3.14. The van der Waals surface area contributed by atoms with Crippen LogP contribution in [0.4, 0.5) is 13.2 Å². The Labute approximate surface area is 103 Å². The predicted molar refractivity (Wildman–Crippen MR) is 64.4 cm³/mol. The number of nitrogens with zero attached hydrogens (tertiary/aromatic N) is 1. The second-order valence-corrected chi connectivity index (χ2v) is 5.62. The number of halogens is 3. The van der Waals surface area contributed by atoms with Crippen LogP contribution in [0.5, 0.6) is 0 Å². The molecule has 17 heavy (non-hydrogen) atoms. The van der Waals surface area contributed by atoms with Crippen LogP contribution in [-0.2, 0) is 0 Å². The SMILES string of the molecule is CCC1CN(CC(C(=N)N)C(F)(F)F)CCS1. The molecule has 100 valence electrons.